The first-order valence-electron chi connectivity index (χ1n) is 5.37. The van der Waals surface area contributed by atoms with E-state index in [-0.39, 0.29) is 0 Å². The highest BCUT2D eigenvalue weighted by Crippen LogP contribution is 2.13. The SMILES string of the molecule is C/C=C/COc1ccc(/C(CC)=N/O)cc1. The molecule has 0 unspecified atom stereocenters. The molecular formula is C13H17NO2. The largest absolute Gasteiger partial charge is 0.490 e. The molecule has 0 aliphatic heterocycles. The molecule has 1 rings (SSSR count). The number of hydrogen-bond acceptors (Lipinski definition) is 3. The summed E-state index contributed by atoms with van der Waals surface area (Å²) in [5, 5.41) is 12.0. The summed E-state index contributed by atoms with van der Waals surface area (Å²) in [5.74, 6) is 0.815. The normalized spacial score (nSPS) is 12.0. The number of ether oxygens (including phenoxy) is 1. The van der Waals surface area contributed by atoms with Crippen LogP contribution in [0.4, 0.5) is 0 Å². The summed E-state index contributed by atoms with van der Waals surface area (Å²) in [4.78, 5) is 0. The number of allylic oxidation sites excluding steroid dienone is 1. The summed E-state index contributed by atoms with van der Waals surface area (Å²) in [6, 6.07) is 7.53. The molecule has 0 aliphatic rings. The Hall–Kier alpha value is -1.77. The average molecular weight is 219 g/mol. The van der Waals surface area contributed by atoms with E-state index < -0.39 is 0 Å². The zero-order chi connectivity index (χ0) is 11.8. The van der Waals surface area contributed by atoms with Gasteiger partial charge in [0.05, 0.1) is 5.71 Å². The predicted molar refractivity (Wildman–Crippen MR) is 65.4 cm³/mol. The van der Waals surface area contributed by atoms with Gasteiger partial charge in [0.25, 0.3) is 0 Å². The maximum atomic E-state index is 8.77. The van der Waals surface area contributed by atoms with Gasteiger partial charge in [0.1, 0.15) is 12.4 Å². The van der Waals surface area contributed by atoms with E-state index in [9.17, 15) is 0 Å². The monoisotopic (exact) mass is 219 g/mol. The molecule has 0 saturated heterocycles. The van der Waals surface area contributed by atoms with Gasteiger partial charge in [-0.1, -0.05) is 24.2 Å². The van der Waals surface area contributed by atoms with Crippen LogP contribution in [0, 0.1) is 0 Å². The van der Waals surface area contributed by atoms with Crippen LogP contribution < -0.4 is 4.74 Å². The van der Waals surface area contributed by atoms with E-state index in [2.05, 4.69) is 5.16 Å². The third-order valence-corrected chi connectivity index (χ3v) is 2.23. The van der Waals surface area contributed by atoms with Gasteiger partial charge in [-0.05, 0) is 43.2 Å². The molecule has 0 heterocycles. The Morgan fingerprint density at radius 3 is 2.56 bits per heavy atom. The minimum atomic E-state index is 0.574. The molecule has 0 atom stereocenters. The fourth-order valence-electron chi connectivity index (χ4n) is 1.32. The van der Waals surface area contributed by atoms with Crippen LogP contribution in [-0.2, 0) is 0 Å². The molecule has 1 N–H and O–H groups in total. The first-order valence-corrected chi connectivity index (χ1v) is 5.37. The van der Waals surface area contributed by atoms with Gasteiger partial charge in [-0.15, -0.1) is 0 Å². The highest BCUT2D eigenvalue weighted by Gasteiger charge is 2.01. The van der Waals surface area contributed by atoms with E-state index in [1.807, 2.05) is 50.3 Å². The van der Waals surface area contributed by atoms with Crippen LogP contribution in [0.5, 0.6) is 5.75 Å². The van der Waals surface area contributed by atoms with Gasteiger partial charge in [0.15, 0.2) is 0 Å². The van der Waals surface area contributed by atoms with Gasteiger partial charge in [-0.2, -0.15) is 0 Å². The first kappa shape index (κ1) is 12.3. The lowest BCUT2D eigenvalue weighted by molar-refractivity contribution is 0.318. The van der Waals surface area contributed by atoms with E-state index >= 15 is 0 Å². The zero-order valence-corrected chi connectivity index (χ0v) is 9.68. The second-order valence-corrected chi connectivity index (χ2v) is 3.30. The van der Waals surface area contributed by atoms with Crippen LogP contribution in [0.25, 0.3) is 0 Å². The molecule has 0 aromatic heterocycles. The summed E-state index contributed by atoms with van der Waals surface area (Å²) in [6.45, 7) is 4.48. The summed E-state index contributed by atoms with van der Waals surface area (Å²) in [6.07, 6.45) is 4.60. The maximum Gasteiger partial charge on any atom is 0.119 e. The molecule has 1 aromatic carbocycles. The lowest BCUT2D eigenvalue weighted by atomic mass is 10.1. The lowest BCUT2D eigenvalue weighted by Crippen LogP contribution is -1.99. The molecular weight excluding hydrogens is 202 g/mol. The fraction of sp³-hybridized carbons (Fsp3) is 0.308. The molecule has 3 nitrogen and oxygen atoms in total. The van der Waals surface area contributed by atoms with Crippen LogP contribution in [-0.4, -0.2) is 17.5 Å². The highest BCUT2D eigenvalue weighted by atomic mass is 16.5. The Balaban J connectivity index is 2.67. The molecule has 0 fully saturated rings. The van der Waals surface area contributed by atoms with E-state index in [1.165, 1.54) is 0 Å². The maximum absolute atomic E-state index is 8.77. The number of nitrogens with zero attached hydrogens (tertiary/aromatic N) is 1. The quantitative estimate of drug-likeness (QED) is 0.357. The molecule has 16 heavy (non-hydrogen) atoms. The second kappa shape index (κ2) is 6.67. The number of hydrogen-bond donors (Lipinski definition) is 1. The first-order chi connectivity index (χ1) is 7.81. The molecule has 0 radical (unpaired) electrons. The molecule has 0 amide bonds. The third kappa shape index (κ3) is 3.42. The van der Waals surface area contributed by atoms with Crippen molar-refractivity contribution in [1.82, 2.24) is 0 Å². The van der Waals surface area contributed by atoms with Crippen molar-refractivity contribution in [3.05, 3.63) is 42.0 Å². The van der Waals surface area contributed by atoms with Crippen molar-refractivity contribution in [2.75, 3.05) is 6.61 Å². The van der Waals surface area contributed by atoms with Crippen LogP contribution in [0.15, 0.2) is 41.6 Å². The highest BCUT2D eigenvalue weighted by molar-refractivity contribution is 6.00. The fourth-order valence-corrected chi connectivity index (χ4v) is 1.32. The van der Waals surface area contributed by atoms with Crippen LogP contribution in [0.3, 0.4) is 0 Å². The van der Waals surface area contributed by atoms with Gasteiger partial charge >= 0.3 is 0 Å². The number of benzene rings is 1. The number of rotatable bonds is 5. The predicted octanol–water partition coefficient (Wildman–Crippen LogP) is 3.23. The topological polar surface area (TPSA) is 41.8 Å². The van der Waals surface area contributed by atoms with Gasteiger partial charge in [0, 0.05) is 0 Å². The van der Waals surface area contributed by atoms with Crippen LogP contribution in [0.1, 0.15) is 25.8 Å². The second-order valence-electron chi connectivity index (χ2n) is 3.30. The minimum absolute atomic E-state index is 0.574. The number of oxime groups is 1. The van der Waals surface area contributed by atoms with Crippen LogP contribution in [0.2, 0.25) is 0 Å². The summed E-state index contributed by atoms with van der Waals surface area (Å²) < 4.78 is 5.46. The van der Waals surface area contributed by atoms with Crippen molar-refractivity contribution in [2.24, 2.45) is 5.16 Å². The van der Waals surface area contributed by atoms with Gasteiger partial charge in [-0.3, -0.25) is 0 Å². The van der Waals surface area contributed by atoms with Crippen molar-refractivity contribution in [2.45, 2.75) is 20.3 Å². The summed E-state index contributed by atoms with van der Waals surface area (Å²) >= 11 is 0. The summed E-state index contributed by atoms with van der Waals surface area (Å²) in [5.41, 5.74) is 1.60. The van der Waals surface area contributed by atoms with E-state index in [4.69, 9.17) is 9.94 Å². The molecule has 0 bridgehead atoms. The van der Waals surface area contributed by atoms with Crippen molar-refractivity contribution in [1.29, 1.82) is 0 Å². The molecule has 0 spiro atoms. The van der Waals surface area contributed by atoms with Gasteiger partial charge < -0.3 is 9.94 Å². The Labute approximate surface area is 96.1 Å². The smallest absolute Gasteiger partial charge is 0.119 e. The zero-order valence-electron chi connectivity index (χ0n) is 9.68. The van der Waals surface area contributed by atoms with Crippen molar-refractivity contribution in [3.63, 3.8) is 0 Å². The molecule has 1 aromatic rings. The molecule has 0 aliphatic carbocycles. The van der Waals surface area contributed by atoms with Crippen molar-refractivity contribution >= 4 is 5.71 Å². The average Bonchev–Trinajstić information content (AvgIpc) is 2.33. The van der Waals surface area contributed by atoms with E-state index in [0.29, 0.717) is 18.7 Å². The van der Waals surface area contributed by atoms with E-state index in [0.717, 1.165) is 11.3 Å². The standard InChI is InChI=1S/C13H17NO2/c1-3-5-10-16-12-8-6-11(7-9-12)13(4-2)14-15/h3,5-9,15H,4,10H2,1-2H3/b5-3+,14-13+. The Morgan fingerprint density at radius 1 is 1.38 bits per heavy atom. The van der Waals surface area contributed by atoms with Crippen molar-refractivity contribution < 1.29 is 9.94 Å². The van der Waals surface area contributed by atoms with Gasteiger partial charge in [-0.25, -0.2) is 0 Å². The minimum Gasteiger partial charge on any atom is -0.490 e. The van der Waals surface area contributed by atoms with Gasteiger partial charge in [0.2, 0.25) is 0 Å². The molecule has 0 saturated carbocycles. The molecule has 86 valence electrons. The summed E-state index contributed by atoms with van der Waals surface area (Å²) in [7, 11) is 0. The van der Waals surface area contributed by atoms with Crippen molar-refractivity contribution in [3.8, 4) is 5.75 Å². The Morgan fingerprint density at radius 2 is 2.06 bits per heavy atom. The Bertz CT molecular complexity index is 366. The lowest BCUT2D eigenvalue weighted by Gasteiger charge is -2.05. The Kier molecular flexibility index (Phi) is 5.12. The third-order valence-electron chi connectivity index (χ3n) is 2.23. The van der Waals surface area contributed by atoms with E-state index in [1.54, 1.807) is 0 Å². The van der Waals surface area contributed by atoms with Crippen LogP contribution >= 0.6 is 0 Å². The molecule has 3 heteroatoms.